The van der Waals surface area contributed by atoms with Gasteiger partial charge >= 0.3 is 5.97 Å². The van der Waals surface area contributed by atoms with Crippen molar-refractivity contribution < 1.29 is 13.9 Å². The number of nitrogens with zero attached hydrogens (tertiary/aromatic N) is 1. The number of hydrogen-bond donors (Lipinski definition) is 1. The Balaban J connectivity index is 2.11. The standard InChI is InChI=1S/C17H16N2O3/c1-9-6-12(7-10(2)15(9)18)16-19-13-8-11(17(20)21-3)4-5-14(13)22-16/h4-8H,18H2,1-3H3. The summed E-state index contributed by atoms with van der Waals surface area (Å²) in [6, 6.07) is 8.91. The lowest BCUT2D eigenvalue weighted by Gasteiger charge is -2.06. The lowest BCUT2D eigenvalue weighted by Crippen LogP contribution is -2.00. The van der Waals surface area contributed by atoms with Crippen molar-refractivity contribution in [3.05, 3.63) is 47.0 Å². The molecule has 3 aromatic rings. The van der Waals surface area contributed by atoms with Crippen LogP contribution in [0.15, 0.2) is 34.7 Å². The zero-order valence-corrected chi connectivity index (χ0v) is 12.6. The van der Waals surface area contributed by atoms with Gasteiger partial charge in [0.2, 0.25) is 5.89 Å². The summed E-state index contributed by atoms with van der Waals surface area (Å²) < 4.78 is 10.5. The summed E-state index contributed by atoms with van der Waals surface area (Å²) in [4.78, 5) is 16.0. The number of aryl methyl sites for hydroxylation is 2. The topological polar surface area (TPSA) is 78.3 Å². The van der Waals surface area contributed by atoms with Crippen molar-refractivity contribution in [3.63, 3.8) is 0 Å². The summed E-state index contributed by atoms with van der Waals surface area (Å²) in [6.07, 6.45) is 0. The van der Waals surface area contributed by atoms with Crippen LogP contribution in [0.4, 0.5) is 5.69 Å². The molecule has 2 N–H and O–H groups in total. The summed E-state index contributed by atoms with van der Waals surface area (Å²) in [7, 11) is 1.35. The highest BCUT2D eigenvalue weighted by Gasteiger charge is 2.13. The van der Waals surface area contributed by atoms with Crippen LogP contribution in [-0.4, -0.2) is 18.1 Å². The quantitative estimate of drug-likeness (QED) is 0.578. The number of anilines is 1. The van der Waals surface area contributed by atoms with E-state index in [1.54, 1.807) is 18.2 Å². The van der Waals surface area contributed by atoms with E-state index in [4.69, 9.17) is 14.9 Å². The summed E-state index contributed by atoms with van der Waals surface area (Å²) in [5, 5.41) is 0. The predicted octanol–water partition coefficient (Wildman–Crippen LogP) is 3.48. The first-order chi connectivity index (χ1) is 10.5. The molecule has 0 saturated heterocycles. The van der Waals surface area contributed by atoms with Crippen molar-refractivity contribution in [2.24, 2.45) is 0 Å². The van der Waals surface area contributed by atoms with E-state index in [0.29, 0.717) is 22.6 Å². The van der Waals surface area contributed by atoms with Gasteiger partial charge in [-0.05, 0) is 55.3 Å². The van der Waals surface area contributed by atoms with Gasteiger partial charge in [-0.3, -0.25) is 0 Å². The Labute approximate surface area is 127 Å². The maximum atomic E-state index is 11.6. The maximum absolute atomic E-state index is 11.6. The first-order valence-electron chi connectivity index (χ1n) is 6.85. The monoisotopic (exact) mass is 296 g/mol. The third-order valence-electron chi connectivity index (χ3n) is 3.65. The number of carbonyl (C=O) groups excluding carboxylic acids is 1. The summed E-state index contributed by atoms with van der Waals surface area (Å²) in [6.45, 7) is 3.90. The van der Waals surface area contributed by atoms with Crippen molar-refractivity contribution in [2.45, 2.75) is 13.8 Å². The van der Waals surface area contributed by atoms with Gasteiger partial charge in [-0.15, -0.1) is 0 Å². The van der Waals surface area contributed by atoms with Crippen molar-refractivity contribution in [3.8, 4) is 11.5 Å². The van der Waals surface area contributed by atoms with Crippen LogP contribution in [0.1, 0.15) is 21.5 Å². The van der Waals surface area contributed by atoms with Gasteiger partial charge in [0.25, 0.3) is 0 Å². The molecule has 0 aliphatic carbocycles. The lowest BCUT2D eigenvalue weighted by molar-refractivity contribution is 0.0601. The fraction of sp³-hybridized carbons (Fsp3) is 0.176. The van der Waals surface area contributed by atoms with E-state index in [2.05, 4.69) is 4.98 Å². The predicted molar refractivity (Wildman–Crippen MR) is 84.7 cm³/mol. The van der Waals surface area contributed by atoms with E-state index >= 15 is 0 Å². The number of hydrogen-bond acceptors (Lipinski definition) is 5. The van der Waals surface area contributed by atoms with E-state index in [0.717, 1.165) is 22.4 Å². The van der Waals surface area contributed by atoms with E-state index in [-0.39, 0.29) is 0 Å². The highest BCUT2D eigenvalue weighted by Crippen LogP contribution is 2.29. The third kappa shape index (κ3) is 2.30. The summed E-state index contributed by atoms with van der Waals surface area (Å²) >= 11 is 0. The first kappa shape index (κ1) is 14.1. The Kier molecular flexibility index (Phi) is 3.33. The fourth-order valence-electron chi connectivity index (χ4n) is 2.39. The number of aromatic nitrogens is 1. The van der Waals surface area contributed by atoms with Crippen LogP contribution in [0, 0.1) is 13.8 Å². The van der Waals surface area contributed by atoms with Crippen LogP contribution in [0.5, 0.6) is 0 Å². The molecule has 0 unspecified atom stereocenters. The molecule has 0 aliphatic heterocycles. The minimum Gasteiger partial charge on any atom is -0.465 e. The van der Waals surface area contributed by atoms with Gasteiger partial charge in [-0.2, -0.15) is 0 Å². The number of oxazole rings is 1. The van der Waals surface area contributed by atoms with Gasteiger partial charge in [0, 0.05) is 11.3 Å². The van der Waals surface area contributed by atoms with Crippen LogP contribution in [0.2, 0.25) is 0 Å². The Hall–Kier alpha value is -2.82. The molecular weight excluding hydrogens is 280 g/mol. The smallest absolute Gasteiger partial charge is 0.337 e. The largest absolute Gasteiger partial charge is 0.465 e. The highest BCUT2D eigenvalue weighted by molar-refractivity contribution is 5.93. The molecule has 0 fully saturated rings. The van der Waals surface area contributed by atoms with Crippen LogP contribution >= 0.6 is 0 Å². The molecule has 2 aromatic carbocycles. The van der Waals surface area contributed by atoms with E-state index in [1.165, 1.54) is 7.11 Å². The number of nitrogen functional groups attached to an aromatic ring is 1. The average Bonchev–Trinajstić information content (AvgIpc) is 2.94. The SMILES string of the molecule is COC(=O)c1ccc2oc(-c3cc(C)c(N)c(C)c3)nc2c1. The zero-order chi connectivity index (χ0) is 15.9. The number of carbonyl (C=O) groups is 1. The van der Waals surface area contributed by atoms with Gasteiger partial charge in [0.1, 0.15) is 5.52 Å². The van der Waals surface area contributed by atoms with E-state index < -0.39 is 5.97 Å². The van der Waals surface area contributed by atoms with E-state index in [9.17, 15) is 4.79 Å². The first-order valence-corrected chi connectivity index (χ1v) is 6.85. The number of esters is 1. The second-order valence-electron chi connectivity index (χ2n) is 5.22. The minimum atomic E-state index is -0.398. The number of rotatable bonds is 2. The molecule has 1 heterocycles. The van der Waals surface area contributed by atoms with Gasteiger partial charge in [-0.1, -0.05) is 0 Å². The summed E-state index contributed by atoms with van der Waals surface area (Å²) in [5.74, 6) is 0.105. The number of nitrogens with two attached hydrogens (primary N) is 1. The molecule has 0 amide bonds. The molecule has 22 heavy (non-hydrogen) atoms. The Bertz CT molecular complexity index is 858. The minimum absolute atomic E-state index is 0.398. The second kappa shape index (κ2) is 5.18. The average molecular weight is 296 g/mol. The molecule has 112 valence electrons. The molecule has 1 aromatic heterocycles. The van der Waals surface area contributed by atoms with Gasteiger partial charge in [-0.25, -0.2) is 9.78 Å². The van der Waals surface area contributed by atoms with Gasteiger partial charge in [0.15, 0.2) is 5.58 Å². The molecule has 5 nitrogen and oxygen atoms in total. The zero-order valence-electron chi connectivity index (χ0n) is 12.6. The van der Waals surface area contributed by atoms with Crippen molar-refractivity contribution >= 4 is 22.8 Å². The number of fused-ring (bicyclic) bond motifs is 1. The Morgan fingerprint density at radius 3 is 2.50 bits per heavy atom. The van der Waals surface area contributed by atoms with Crippen molar-refractivity contribution in [1.82, 2.24) is 4.98 Å². The van der Waals surface area contributed by atoms with Crippen LogP contribution in [0.25, 0.3) is 22.6 Å². The molecule has 0 bridgehead atoms. The van der Waals surface area contributed by atoms with Crippen LogP contribution in [0.3, 0.4) is 0 Å². The maximum Gasteiger partial charge on any atom is 0.337 e. The Morgan fingerprint density at radius 2 is 1.86 bits per heavy atom. The highest BCUT2D eigenvalue weighted by atomic mass is 16.5. The van der Waals surface area contributed by atoms with Crippen LogP contribution in [-0.2, 0) is 4.74 Å². The fourth-order valence-corrected chi connectivity index (χ4v) is 2.39. The Morgan fingerprint density at radius 1 is 1.18 bits per heavy atom. The van der Waals surface area contributed by atoms with Gasteiger partial charge in [0.05, 0.1) is 12.7 Å². The molecule has 0 radical (unpaired) electrons. The van der Waals surface area contributed by atoms with Gasteiger partial charge < -0.3 is 14.9 Å². The van der Waals surface area contributed by atoms with Crippen molar-refractivity contribution in [1.29, 1.82) is 0 Å². The van der Waals surface area contributed by atoms with Crippen molar-refractivity contribution in [2.75, 3.05) is 12.8 Å². The van der Waals surface area contributed by atoms with E-state index in [1.807, 2.05) is 26.0 Å². The molecular formula is C17H16N2O3. The lowest BCUT2D eigenvalue weighted by atomic mass is 10.0. The molecule has 0 spiro atoms. The number of ether oxygens (including phenoxy) is 1. The third-order valence-corrected chi connectivity index (χ3v) is 3.65. The normalized spacial score (nSPS) is 10.9. The summed E-state index contributed by atoms with van der Waals surface area (Å²) in [5.41, 5.74) is 11.2. The molecule has 5 heteroatoms. The van der Waals surface area contributed by atoms with Crippen LogP contribution < -0.4 is 5.73 Å². The molecule has 0 saturated carbocycles. The second-order valence-corrected chi connectivity index (χ2v) is 5.22. The molecule has 3 rings (SSSR count). The molecule has 0 atom stereocenters. The number of methoxy groups -OCH3 is 1. The molecule has 0 aliphatic rings. The number of benzene rings is 2.